The zero-order valence-electron chi connectivity index (χ0n) is 12.9. The molecule has 1 unspecified atom stereocenters. The largest absolute Gasteiger partial charge is 0.353 e. The smallest absolute Gasteiger partial charge is 0.222 e. The van der Waals surface area contributed by atoms with Crippen molar-refractivity contribution in [2.45, 2.75) is 31.7 Å². The molecular formula is C14H25Cl2N5O. The van der Waals surface area contributed by atoms with E-state index in [4.69, 9.17) is 5.73 Å². The van der Waals surface area contributed by atoms with Gasteiger partial charge in [-0.1, -0.05) is 0 Å². The number of amides is 1. The van der Waals surface area contributed by atoms with Crippen molar-refractivity contribution in [3.8, 4) is 0 Å². The zero-order chi connectivity index (χ0) is 14.4. The Labute approximate surface area is 144 Å². The molecule has 1 saturated heterocycles. The molecule has 1 amide bonds. The Bertz CT molecular complexity index is 435. The predicted molar refractivity (Wildman–Crippen MR) is 92.8 cm³/mol. The number of aromatic nitrogens is 2. The number of likely N-dealkylation sites (N-methyl/N-ethyl adjacent to an activating group) is 1. The van der Waals surface area contributed by atoms with Crippen molar-refractivity contribution in [1.29, 1.82) is 0 Å². The summed E-state index contributed by atoms with van der Waals surface area (Å²) in [7, 11) is 1.89. The first-order chi connectivity index (χ1) is 9.72. The van der Waals surface area contributed by atoms with Gasteiger partial charge in [0.05, 0.1) is 0 Å². The third-order valence-electron chi connectivity index (χ3n) is 3.81. The van der Waals surface area contributed by atoms with Crippen molar-refractivity contribution < 1.29 is 4.79 Å². The summed E-state index contributed by atoms with van der Waals surface area (Å²) in [5.74, 6) is 1.07. The molecule has 0 aliphatic carbocycles. The molecule has 0 spiro atoms. The quantitative estimate of drug-likeness (QED) is 0.871. The minimum absolute atomic E-state index is 0. The lowest BCUT2D eigenvalue weighted by atomic mass is 10.0. The topological polar surface area (TPSA) is 75.3 Å². The van der Waals surface area contributed by atoms with Crippen molar-refractivity contribution in [2.24, 2.45) is 5.73 Å². The second-order valence-electron chi connectivity index (χ2n) is 5.22. The van der Waals surface area contributed by atoms with E-state index in [0.717, 1.165) is 38.2 Å². The normalized spacial score (nSPS) is 17.2. The van der Waals surface area contributed by atoms with Gasteiger partial charge in [0.15, 0.2) is 5.82 Å². The van der Waals surface area contributed by atoms with E-state index in [1.807, 2.05) is 24.1 Å². The maximum atomic E-state index is 12.1. The molecule has 1 aliphatic rings. The standard InChI is InChI=1S/C14H23N5O.2ClH/c1-18(14(20)7-2-8-15)12-5-4-10-19(11-12)13-6-3-9-16-17-13;;/h3,6,9,12H,2,4-5,7-8,10-11,15H2,1H3;2*1H. The summed E-state index contributed by atoms with van der Waals surface area (Å²) >= 11 is 0. The number of halogens is 2. The second kappa shape index (κ2) is 10.6. The maximum Gasteiger partial charge on any atom is 0.222 e. The molecule has 1 aliphatic heterocycles. The van der Waals surface area contributed by atoms with E-state index in [0.29, 0.717) is 13.0 Å². The number of hydrogen-bond donors (Lipinski definition) is 1. The Balaban J connectivity index is 0.00000220. The number of carbonyl (C=O) groups is 1. The van der Waals surface area contributed by atoms with Crippen LogP contribution in [0.3, 0.4) is 0 Å². The lowest BCUT2D eigenvalue weighted by Gasteiger charge is -2.38. The van der Waals surface area contributed by atoms with E-state index < -0.39 is 0 Å². The Kier molecular flexibility index (Phi) is 10.1. The molecule has 1 atom stereocenters. The van der Waals surface area contributed by atoms with Crippen LogP contribution < -0.4 is 10.6 Å². The third kappa shape index (κ3) is 5.59. The molecule has 22 heavy (non-hydrogen) atoms. The number of piperidine rings is 1. The molecule has 126 valence electrons. The summed E-state index contributed by atoms with van der Waals surface area (Å²) in [5, 5.41) is 8.07. The fraction of sp³-hybridized carbons (Fsp3) is 0.643. The number of hydrogen-bond acceptors (Lipinski definition) is 5. The van der Waals surface area contributed by atoms with E-state index in [-0.39, 0.29) is 36.8 Å². The van der Waals surface area contributed by atoms with E-state index in [1.54, 1.807) is 6.20 Å². The molecule has 0 bridgehead atoms. The minimum Gasteiger partial charge on any atom is -0.353 e. The first kappa shape index (κ1) is 20.9. The second-order valence-corrected chi connectivity index (χ2v) is 5.22. The lowest BCUT2D eigenvalue weighted by molar-refractivity contribution is -0.132. The Morgan fingerprint density at radius 1 is 1.50 bits per heavy atom. The van der Waals surface area contributed by atoms with Crippen LogP contribution in [-0.2, 0) is 4.79 Å². The fourth-order valence-corrected chi connectivity index (χ4v) is 2.57. The molecule has 1 fully saturated rings. The van der Waals surface area contributed by atoms with Crippen molar-refractivity contribution in [2.75, 3.05) is 31.6 Å². The summed E-state index contributed by atoms with van der Waals surface area (Å²) in [4.78, 5) is 16.1. The first-order valence-corrected chi connectivity index (χ1v) is 7.20. The summed E-state index contributed by atoms with van der Waals surface area (Å²) in [6.07, 6.45) is 5.07. The van der Waals surface area contributed by atoms with E-state index >= 15 is 0 Å². The van der Waals surface area contributed by atoms with Crippen LogP contribution in [0.15, 0.2) is 18.3 Å². The van der Waals surface area contributed by atoms with Crippen LogP contribution in [0, 0.1) is 0 Å². The summed E-state index contributed by atoms with van der Waals surface area (Å²) < 4.78 is 0. The number of rotatable bonds is 5. The molecule has 6 nitrogen and oxygen atoms in total. The number of nitrogens with two attached hydrogens (primary N) is 1. The van der Waals surface area contributed by atoms with Gasteiger partial charge in [-0.3, -0.25) is 4.79 Å². The van der Waals surface area contributed by atoms with Crippen molar-refractivity contribution in [3.63, 3.8) is 0 Å². The zero-order valence-corrected chi connectivity index (χ0v) is 14.5. The van der Waals surface area contributed by atoms with Gasteiger partial charge in [-0.2, -0.15) is 5.10 Å². The van der Waals surface area contributed by atoms with Crippen LogP contribution in [0.5, 0.6) is 0 Å². The van der Waals surface area contributed by atoms with Crippen LogP contribution in [0.25, 0.3) is 0 Å². The van der Waals surface area contributed by atoms with Crippen LogP contribution in [0.4, 0.5) is 5.82 Å². The average molecular weight is 350 g/mol. The summed E-state index contributed by atoms with van der Waals surface area (Å²) in [6, 6.07) is 4.10. The monoisotopic (exact) mass is 349 g/mol. The van der Waals surface area contributed by atoms with Gasteiger partial charge in [-0.25, -0.2) is 0 Å². The SMILES string of the molecule is CN(C(=O)CCCN)C1CCCN(c2cccnn2)C1.Cl.Cl. The number of anilines is 1. The van der Waals surface area contributed by atoms with Gasteiger partial charge in [-0.05, 0) is 37.9 Å². The Morgan fingerprint density at radius 2 is 2.27 bits per heavy atom. The minimum atomic E-state index is 0. The highest BCUT2D eigenvalue weighted by atomic mass is 35.5. The molecule has 1 aromatic rings. The molecule has 0 radical (unpaired) electrons. The maximum absolute atomic E-state index is 12.1. The molecule has 8 heteroatoms. The van der Waals surface area contributed by atoms with Gasteiger partial charge >= 0.3 is 0 Å². The highest BCUT2D eigenvalue weighted by Gasteiger charge is 2.26. The van der Waals surface area contributed by atoms with Gasteiger partial charge in [0.1, 0.15) is 0 Å². The molecule has 2 N–H and O–H groups in total. The Morgan fingerprint density at radius 3 is 2.91 bits per heavy atom. The van der Waals surface area contributed by atoms with E-state index in [2.05, 4.69) is 15.1 Å². The highest BCUT2D eigenvalue weighted by Crippen LogP contribution is 2.20. The summed E-state index contributed by atoms with van der Waals surface area (Å²) in [6.45, 7) is 2.36. The van der Waals surface area contributed by atoms with Crippen molar-refractivity contribution in [1.82, 2.24) is 15.1 Å². The highest BCUT2D eigenvalue weighted by molar-refractivity contribution is 5.85. The molecule has 2 heterocycles. The van der Waals surface area contributed by atoms with Crippen LogP contribution in [0.2, 0.25) is 0 Å². The fourth-order valence-electron chi connectivity index (χ4n) is 2.57. The van der Waals surface area contributed by atoms with Crippen LogP contribution in [-0.4, -0.2) is 53.7 Å². The molecule has 1 aromatic heterocycles. The molecule has 0 saturated carbocycles. The van der Waals surface area contributed by atoms with Crippen molar-refractivity contribution >= 4 is 36.5 Å². The van der Waals surface area contributed by atoms with E-state index in [1.165, 1.54) is 0 Å². The molecule has 0 aromatic carbocycles. The summed E-state index contributed by atoms with van der Waals surface area (Å²) in [5.41, 5.74) is 5.46. The van der Waals surface area contributed by atoms with Gasteiger partial charge in [0, 0.05) is 38.8 Å². The molecule has 2 rings (SSSR count). The lowest BCUT2D eigenvalue weighted by Crippen LogP contribution is -2.49. The van der Waals surface area contributed by atoms with Gasteiger partial charge in [0.25, 0.3) is 0 Å². The molecular weight excluding hydrogens is 325 g/mol. The van der Waals surface area contributed by atoms with Gasteiger partial charge in [-0.15, -0.1) is 29.9 Å². The average Bonchev–Trinajstić information content (AvgIpc) is 2.53. The number of nitrogens with zero attached hydrogens (tertiary/aromatic N) is 4. The first-order valence-electron chi connectivity index (χ1n) is 7.20. The van der Waals surface area contributed by atoms with Crippen LogP contribution >= 0.6 is 24.8 Å². The predicted octanol–water partition coefficient (Wildman–Crippen LogP) is 1.49. The van der Waals surface area contributed by atoms with E-state index in [9.17, 15) is 4.79 Å². The van der Waals surface area contributed by atoms with Crippen molar-refractivity contribution in [3.05, 3.63) is 18.3 Å². The van der Waals surface area contributed by atoms with Gasteiger partial charge < -0.3 is 15.5 Å². The number of carbonyl (C=O) groups excluding carboxylic acids is 1. The third-order valence-corrected chi connectivity index (χ3v) is 3.81. The Hall–Kier alpha value is -1.11. The van der Waals surface area contributed by atoms with Crippen LogP contribution in [0.1, 0.15) is 25.7 Å². The van der Waals surface area contributed by atoms with Gasteiger partial charge in [0.2, 0.25) is 5.91 Å².